The third-order valence-corrected chi connectivity index (χ3v) is 2.09. The summed E-state index contributed by atoms with van der Waals surface area (Å²) in [5.41, 5.74) is 0.766. The molecule has 0 aromatic heterocycles. The molecule has 0 unspecified atom stereocenters. The van der Waals surface area contributed by atoms with Gasteiger partial charge in [0.2, 0.25) is 11.5 Å². The third kappa shape index (κ3) is 2.16. The summed E-state index contributed by atoms with van der Waals surface area (Å²) in [5.74, 6) is -1.02. The second-order valence-electron chi connectivity index (χ2n) is 3.99. The molecule has 1 aliphatic heterocycles. The number of phenolic OH excluding ortho intramolecular Hbond substituents is 1. The van der Waals surface area contributed by atoms with E-state index in [1.54, 1.807) is 32.1 Å². The van der Waals surface area contributed by atoms with E-state index in [0.717, 1.165) is 5.56 Å². The highest BCUT2D eigenvalue weighted by molar-refractivity contribution is 5.93. The molecular formula is C12H12O4. The summed E-state index contributed by atoms with van der Waals surface area (Å²) >= 11 is 0. The van der Waals surface area contributed by atoms with Gasteiger partial charge in [-0.3, -0.25) is 0 Å². The van der Waals surface area contributed by atoms with Crippen molar-refractivity contribution in [2.45, 2.75) is 19.6 Å². The molecule has 1 aliphatic rings. The van der Waals surface area contributed by atoms with Gasteiger partial charge in [-0.1, -0.05) is 12.1 Å². The lowest BCUT2D eigenvalue weighted by Gasteiger charge is -2.13. The predicted molar refractivity (Wildman–Crippen MR) is 57.3 cm³/mol. The molecule has 0 atom stereocenters. The van der Waals surface area contributed by atoms with Crippen LogP contribution in [0.1, 0.15) is 19.4 Å². The molecule has 1 heterocycles. The number of phenols is 1. The summed E-state index contributed by atoms with van der Waals surface area (Å²) in [4.78, 5) is 11.4. The van der Waals surface area contributed by atoms with Gasteiger partial charge in [-0.2, -0.15) is 0 Å². The van der Waals surface area contributed by atoms with Gasteiger partial charge < -0.3 is 14.6 Å². The molecule has 0 amide bonds. The van der Waals surface area contributed by atoms with Crippen LogP contribution in [0.4, 0.5) is 0 Å². The van der Waals surface area contributed by atoms with E-state index in [-0.39, 0.29) is 11.5 Å². The molecule has 1 fully saturated rings. The average Bonchev–Trinajstić information content (AvgIpc) is 2.44. The first kappa shape index (κ1) is 10.5. The standard InChI is InChI=1S/C12H12O4/c1-12(2)15-10(11(14)16-12)7-8-3-5-9(13)6-4-8/h3-7,13H,1-2H3/b10-7-. The van der Waals surface area contributed by atoms with Crippen molar-refractivity contribution < 1.29 is 19.4 Å². The van der Waals surface area contributed by atoms with Gasteiger partial charge in [0.15, 0.2) is 0 Å². The summed E-state index contributed by atoms with van der Waals surface area (Å²) in [6.45, 7) is 3.34. The van der Waals surface area contributed by atoms with Crippen LogP contribution in [0.15, 0.2) is 30.0 Å². The van der Waals surface area contributed by atoms with Gasteiger partial charge in [0.1, 0.15) is 5.75 Å². The van der Waals surface area contributed by atoms with Gasteiger partial charge in [-0.05, 0) is 23.8 Å². The number of hydrogen-bond acceptors (Lipinski definition) is 4. The number of cyclic esters (lactones) is 1. The largest absolute Gasteiger partial charge is 0.508 e. The topological polar surface area (TPSA) is 55.8 Å². The van der Waals surface area contributed by atoms with Gasteiger partial charge in [0.25, 0.3) is 0 Å². The van der Waals surface area contributed by atoms with Crippen LogP contribution in [0.25, 0.3) is 6.08 Å². The van der Waals surface area contributed by atoms with Crippen LogP contribution < -0.4 is 0 Å². The number of esters is 1. The second kappa shape index (κ2) is 3.56. The molecule has 0 saturated carbocycles. The molecule has 1 saturated heterocycles. The van der Waals surface area contributed by atoms with Crippen molar-refractivity contribution >= 4 is 12.0 Å². The number of aromatic hydroxyl groups is 1. The maximum Gasteiger partial charge on any atom is 0.377 e. The van der Waals surface area contributed by atoms with Gasteiger partial charge in [-0.25, -0.2) is 4.79 Å². The molecule has 1 aromatic rings. The summed E-state index contributed by atoms with van der Waals surface area (Å²) < 4.78 is 10.3. The average molecular weight is 220 g/mol. The summed E-state index contributed by atoms with van der Waals surface area (Å²) in [7, 11) is 0. The minimum Gasteiger partial charge on any atom is -0.508 e. The van der Waals surface area contributed by atoms with Crippen molar-refractivity contribution in [3.05, 3.63) is 35.6 Å². The first-order chi connectivity index (χ1) is 7.46. The molecule has 4 heteroatoms. The molecule has 1 N–H and O–H groups in total. The number of carbonyl (C=O) groups is 1. The number of benzene rings is 1. The minimum absolute atomic E-state index is 0.177. The highest BCUT2D eigenvalue weighted by Gasteiger charge is 2.37. The van der Waals surface area contributed by atoms with E-state index >= 15 is 0 Å². The molecule has 0 radical (unpaired) electrons. The van der Waals surface area contributed by atoms with E-state index < -0.39 is 11.8 Å². The van der Waals surface area contributed by atoms with Crippen molar-refractivity contribution in [2.24, 2.45) is 0 Å². The second-order valence-corrected chi connectivity index (χ2v) is 3.99. The van der Waals surface area contributed by atoms with Crippen LogP contribution >= 0.6 is 0 Å². The van der Waals surface area contributed by atoms with Gasteiger partial charge in [0.05, 0.1) is 0 Å². The SMILES string of the molecule is CC1(C)OC(=O)/C(=C/c2ccc(O)cc2)O1. The third-order valence-electron chi connectivity index (χ3n) is 2.09. The molecule has 0 aliphatic carbocycles. The maximum atomic E-state index is 11.4. The fraction of sp³-hybridized carbons (Fsp3) is 0.250. The van der Waals surface area contributed by atoms with E-state index in [4.69, 9.17) is 14.6 Å². The summed E-state index contributed by atoms with van der Waals surface area (Å²) in [5, 5.41) is 9.11. The van der Waals surface area contributed by atoms with Gasteiger partial charge in [0, 0.05) is 13.8 Å². The molecule has 0 bridgehead atoms. The van der Waals surface area contributed by atoms with E-state index in [9.17, 15) is 4.79 Å². The zero-order valence-corrected chi connectivity index (χ0v) is 9.06. The Morgan fingerprint density at radius 3 is 2.31 bits per heavy atom. The fourth-order valence-electron chi connectivity index (χ4n) is 1.41. The maximum absolute atomic E-state index is 11.4. The highest BCUT2D eigenvalue weighted by atomic mass is 16.8. The van der Waals surface area contributed by atoms with Crippen molar-refractivity contribution in [3.8, 4) is 5.75 Å². The van der Waals surface area contributed by atoms with E-state index in [1.165, 1.54) is 12.1 Å². The van der Waals surface area contributed by atoms with Crippen LogP contribution in [0.3, 0.4) is 0 Å². The number of carbonyl (C=O) groups excluding carboxylic acids is 1. The minimum atomic E-state index is -0.903. The van der Waals surface area contributed by atoms with Gasteiger partial charge in [-0.15, -0.1) is 0 Å². The summed E-state index contributed by atoms with van der Waals surface area (Å²) in [6.07, 6.45) is 1.58. The van der Waals surface area contributed by atoms with Crippen LogP contribution in [-0.2, 0) is 14.3 Å². The lowest BCUT2D eigenvalue weighted by Crippen LogP contribution is -2.19. The normalized spacial score (nSPS) is 20.6. The lowest BCUT2D eigenvalue weighted by atomic mass is 10.2. The number of rotatable bonds is 1. The fourth-order valence-corrected chi connectivity index (χ4v) is 1.41. The van der Waals surface area contributed by atoms with Crippen LogP contribution in [0.5, 0.6) is 5.75 Å². The van der Waals surface area contributed by atoms with E-state index in [0.29, 0.717) is 0 Å². The van der Waals surface area contributed by atoms with Crippen LogP contribution in [0, 0.1) is 0 Å². The molecular weight excluding hydrogens is 208 g/mol. The Balaban J connectivity index is 2.25. The highest BCUT2D eigenvalue weighted by Crippen LogP contribution is 2.27. The van der Waals surface area contributed by atoms with Crippen LogP contribution in [-0.4, -0.2) is 16.9 Å². The number of hydrogen-bond donors (Lipinski definition) is 1. The number of ether oxygens (including phenoxy) is 2. The van der Waals surface area contributed by atoms with Crippen molar-refractivity contribution in [3.63, 3.8) is 0 Å². The predicted octanol–water partition coefficient (Wildman–Crippen LogP) is 2.04. The Morgan fingerprint density at radius 2 is 1.81 bits per heavy atom. The molecule has 16 heavy (non-hydrogen) atoms. The van der Waals surface area contributed by atoms with Gasteiger partial charge >= 0.3 is 5.97 Å². The molecule has 84 valence electrons. The van der Waals surface area contributed by atoms with E-state index in [2.05, 4.69) is 0 Å². The molecule has 4 nitrogen and oxygen atoms in total. The molecule has 2 rings (SSSR count). The Labute approximate surface area is 93.1 Å². The summed E-state index contributed by atoms with van der Waals surface area (Å²) in [6, 6.07) is 6.45. The Hall–Kier alpha value is -1.97. The first-order valence-corrected chi connectivity index (χ1v) is 4.89. The van der Waals surface area contributed by atoms with Crippen molar-refractivity contribution in [2.75, 3.05) is 0 Å². The van der Waals surface area contributed by atoms with Crippen molar-refractivity contribution in [1.82, 2.24) is 0 Å². The Bertz CT molecular complexity index is 443. The monoisotopic (exact) mass is 220 g/mol. The Kier molecular flexibility index (Phi) is 2.34. The quantitative estimate of drug-likeness (QED) is 0.581. The Morgan fingerprint density at radius 1 is 1.19 bits per heavy atom. The smallest absolute Gasteiger partial charge is 0.377 e. The van der Waals surface area contributed by atoms with Crippen molar-refractivity contribution in [1.29, 1.82) is 0 Å². The zero-order chi connectivity index (χ0) is 11.8. The van der Waals surface area contributed by atoms with E-state index in [1.807, 2.05) is 0 Å². The molecule has 0 spiro atoms. The first-order valence-electron chi connectivity index (χ1n) is 4.89. The molecule has 1 aromatic carbocycles. The van der Waals surface area contributed by atoms with Crippen LogP contribution in [0.2, 0.25) is 0 Å². The zero-order valence-electron chi connectivity index (χ0n) is 9.06. The lowest BCUT2D eigenvalue weighted by molar-refractivity contribution is -0.159.